The molecule has 0 spiro atoms. The summed E-state index contributed by atoms with van der Waals surface area (Å²) >= 11 is 0. The van der Waals surface area contributed by atoms with E-state index in [0.29, 0.717) is 32.8 Å². The Hall–Kier alpha value is -1.35. The van der Waals surface area contributed by atoms with Gasteiger partial charge in [0.2, 0.25) is 5.91 Å². The van der Waals surface area contributed by atoms with E-state index in [-0.39, 0.29) is 30.4 Å². The maximum Gasteiger partial charge on any atom is 0.416 e. The van der Waals surface area contributed by atoms with Gasteiger partial charge in [-0.1, -0.05) is 12.1 Å². The Bertz CT molecular complexity index is 601. The van der Waals surface area contributed by atoms with Gasteiger partial charge in [-0.05, 0) is 37.1 Å². The van der Waals surface area contributed by atoms with Gasteiger partial charge >= 0.3 is 6.18 Å². The molecule has 2 saturated heterocycles. The number of rotatable bonds is 5. The Labute approximate surface area is 163 Å². The lowest BCUT2D eigenvalue weighted by Crippen LogP contribution is -2.47. The van der Waals surface area contributed by atoms with E-state index in [2.05, 4.69) is 15.5 Å². The summed E-state index contributed by atoms with van der Waals surface area (Å²) in [6, 6.07) is 4.86. The summed E-state index contributed by atoms with van der Waals surface area (Å²) in [6.45, 7) is 3.73. The molecule has 2 aliphatic rings. The van der Waals surface area contributed by atoms with E-state index in [0.717, 1.165) is 37.1 Å². The van der Waals surface area contributed by atoms with Gasteiger partial charge < -0.3 is 15.4 Å². The smallest absolute Gasteiger partial charge is 0.379 e. The van der Waals surface area contributed by atoms with E-state index < -0.39 is 11.7 Å². The van der Waals surface area contributed by atoms with Crippen LogP contribution in [0.2, 0.25) is 0 Å². The van der Waals surface area contributed by atoms with Gasteiger partial charge in [-0.3, -0.25) is 9.69 Å². The summed E-state index contributed by atoms with van der Waals surface area (Å²) in [5.74, 6) is -0.0485. The van der Waals surface area contributed by atoms with Crippen LogP contribution < -0.4 is 10.6 Å². The third-order valence-electron chi connectivity index (χ3n) is 4.96. The fraction of sp³-hybridized carbons (Fsp3) is 0.611. The molecule has 2 heterocycles. The number of amides is 1. The highest BCUT2D eigenvalue weighted by atomic mass is 35.5. The normalized spacial score (nSPS) is 22.1. The zero-order chi connectivity index (χ0) is 18.6. The Morgan fingerprint density at radius 2 is 1.93 bits per heavy atom. The molecule has 27 heavy (non-hydrogen) atoms. The van der Waals surface area contributed by atoms with Crippen molar-refractivity contribution in [2.75, 3.05) is 39.4 Å². The fourth-order valence-corrected chi connectivity index (χ4v) is 3.47. The standard InChI is InChI=1S/C18H24F3N3O2.ClH/c19-18(20,21)14-5-3-13(4-6-14)16(24-8-10-26-11-9-24)12-23-17(25)15-2-1-7-22-15;/h3-6,15-16,22H,1-2,7-12H2,(H,23,25);1H. The first-order valence-electron chi connectivity index (χ1n) is 8.95. The van der Waals surface area contributed by atoms with Gasteiger partial charge in [0, 0.05) is 19.6 Å². The second kappa shape index (κ2) is 9.73. The van der Waals surface area contributed by atoms with Crippen LogP contribution in [0.1, 0.15) is 30.0 Å². The molecule has 2 fully saturated rings. The molecule has 0 bridgehead atoms. The molecule has 0 radical (unpaired) electrons. The molecule has 152 valence electrons. The highest BCUT2D eigenvalue weighted by Crippen LogP contribution is 2.31. The molecule has 2 N–H and O–H groups in total. The van der Waals surface area contributed by atoms with Crippen LogP contribution in [0.3, 0.4) is 0 Å². The highest BCUT2D eigenvalue weighted by Gasteiger charge is 2.31. The molecule has 0 saturated carbocycles. The Balaban J connectivity index is 0.00000261. The third kappa shape index (κ3) is 5.81. The van der Waals surface area contributed by atoms with Gasteiger partial charge in [0.05, 0.1) is 30.9 Å². The van der Waals surface area contributed by atoms with Crippen molar-refractivity contribution in [3.05, 3.63) is 35.4 Å². The number of hydrogen-bond acceptors (Lipinski definition) is 4. The van der Waals surface area contributed by atoms with Crippen molar-refractivity contribution < 1.29 is 22.7 Å². The zero-order valence-electron chi connectivity index (χ0n) is 14.9. The van der Waals surface area contributed by atoms with Crippen molar-refractivity contribution >= 4 is 18.3 Å². The molecule has 1 aromatic carbocycles. The molecule has 3 rings (SSSR count). The van der Waals surface area contributed by atoms with Crippen molar-refractivity contribution in [3.8, 4) is 0 Å². The predicted octanol–water partition coefficient (Wildman–Crippen LogP) is 2.37. The molecule has 2 aliphatic heterocycles. The van der Waals surface area contributed by atoms with Gasteiger partial charge in [-0.2, -0.15) is 13.2 Å². The predicted molar refractivity (Wildman–Crippen MR) is 97.9 cm³/mol. The van der Waals surface area contributed by atoms with E-state index in [1.807, 2.05) is 0 Å². The molecule has 9 heteroatoms. The molecule has 1 aromatic rings. The third-order valence-corrected chi connectivity index (χ3v) is 4.96. The van der Waals surface area contributed by atoms with Crippen LogP contribution in [0.25, 0.3) is 0 Å². The Morgan fingerprint density at radius 3 is 2.48 bits per heavy atom. The molecule has 2 atom stereocenters. The van der Waals surface area contributed by atoms with Crippen molar-refractivity contribution in [2.24, 2.45) is 0 Å². The number of ether oxygens (including phenoxy) is 1. The van der Waals surface area contributed by atoms with Gasteiger partial charge in [0.25, 0.3) is 0 Å². The monoisotopic (exact) mass is 407 g/mol. The molecule has 0 aromatic heterocycles. The summed E-state index contributed by atoms with van der Waals surface area (Å²) < 4.78 is 43.8. The van der Waals surface area contributed by atoms with E-state index in [4.69, 9.17) is 4.74 Å². The molecular formula is C18H25ClF3N3O2. The van der Waals surface area contributed by atoms with Crippen molar-refractivity contribution in [2.45, 2.75) is 31.1 Å². The quantitative estimate of drug-likeness (QED) is 0.787. The Morgan fingerprint density at radius 1 is 1.26 bits per heavy atom. The second-order valence-corrected chi connectivity index (χ2v) is 6.68. The highest BCUT2D eigenvalue weighted by molar-refractivity contribution is 5.85. The van der Waals surface area contributed by atoms with Crippen LogP contribution in [0, 0.1) is 0 Å². The minimum Gasteiger partial charge on any atom is -0.379 e. The van der Waals surface area contributed by atoms with Crippen LogP contribution in [0.4, 0.5) is 13.2 Å². The van der Waals surface area contributed by atoms with Gasteiger partial charge in [0.1, 0.15) is 0 Å². The molecule has 2 unspecified atom stereocenters. The van der Waals surface area contributed by atoms with E-state index in [1.54, 1.807) is 0 Å². The Kier molecular flexibility index (Phi) is 7.91. The number of nitrogens with zero attached hydrogens (tertiary/aromatic N) is 1. The van der Waals surface area contributed by atoms with Crippen molar-refractivity contribution in [1.82, 2.24) is 15.5 Å². The lowest BCUT2D eigenvalue weighted by atomic mass is 10.0. The van der Waals surface area contributed by atoms with Crippen LogP contribution in [0.5, 0.6) is 0 Å². The van der Waals surface area contributed by atoms with E-state index >= 15 is 0 Å². The maximum absolute atomic E-state index is 12.8. The largest absolute Gasteiger partial charge is 0.416 e. The number of carbonyl (C=O) groups is 1. The van der Waals surface area contributed by atoms with Crippen LogP contribution >= 0.6 is 12.4 Å². The maximum atomic E-state index is 12.8. The van der Waals surface area contributed by atoms with Crippen molar-refractivity contribution in [3.63, 3.8) is 0 Å². The first kappa shape index (κ1) is 21.9. The minimum atomic E-state index is -4.35. The molecule has 1 amide bonds. The number of carbonyl (C=O) groups excluding carboxylic acids is 1. The number of halogens is 4. The number of nitrogens with one attached hydrogen (secondary N) is 2. The second-order valence-electron chi connectivity index (χ2n) is 6.68. The minimum absolute atomic E-state index is 0. The summed E-state index contributed by atoms with van der Waals surface area (Å²) in [5.41, 5.74) is 0.0979. The molecule has 5 nitrogen and oxygen atoms in total. The number of alkyl halides is 3. The topological polar surface area (TPSA) is 53.6 Å². The summed E-state index contributed by atoms with van der Waals surface area (Å²) in [6.07, 6.45) is -2.56. The van der Waals surface area contributed by atoms with E-state index in [1.165, 1.54) is 12.1 Å². The average molecular weight is 408 g/mol. The average Bonchev–Trinajstić information content (AvgIpc) is 3.17. The zero-order valence-corrected chi connectivity index (χ0v) is 15.7. The number of hydrogen-bond donors (Lipinski definition) is 2. The van der Waals surface area contributed by atoms with Gasteiger partial charge in [-0.25, -0.2) is 0 Å². The van der Waals surface area contributed by atoms with Crippen LogP contribution in [-0.2, 0) is 15.7 Å². The first-order valence-corrected chi connectivity index (χ1v) is 8.95. The van der Waals surface area contributed by atoms with E-state index in [9.17, 15) is 18.0 Å². The van der Waals surface area contributed by atoms with Crippen molar-refractivity contribution in [1.29, 1.82) is 0 Å². The number of benzene rings is 1. The van der Waals surface area contributed by atoms with Crippen LogP contribution in [-0.4, -0.2) is 56.2 Å². The summed E-state index contributed by atoms with van der Waals surface area (Å²) in [4.78, 5) is 14.4. The fourth-order valence-electron chi connectivity index (χ4n) is 3.47. The number of morpholine rings is 1. The molecular weight excluding hydrogens is 383 g/mol. The lowest BCUT2D eigenvalue weighted by Gasteiger charge is -2.35. The van der Waals surface area contributed by atoms with Crippen LogP contribution in [0.15, 0.2) is 24.3 Å². The van der Waals surface area contributed by atoms with Gasteiger partial charge in [0.15, 0.2) is 0 Å². The summed E-state index contributed by atoms with van der Waals surface area (Å²) in [5, 5.41) is 6.11. The van der Waals surface area contributed by atoms with Gasteiger partial charge in [-0.15, -0.1) is 12.4 Å². The summed E-state index contributed by atoms with van der Waals surface area (Å²) in [7, 11) is 0. The lowest BCUT2D eigenvalue weighted by molar-refractivity contribution is -0.137. The molecule has 0 aliphatic carbocycles. The first-order chi connectivity index (χ1) is 12.4. The SMILES string of the molecule is Cl.O=C(NCC(c1ccc(C(F)(F)F)cc1)N1CCOCC1)C1CCCN1.